The van der Waals surface area contributed by atoms with E-state index in [1.54, 1.807) is 6.20 Å². The van der Waals surface area contributed by atoms with E-state index in [0.29, 0.717) is 0 Å². The van der Waals surface area contributed by atoms with Crippen molar-refractivity contribution in [2.24, 2.45) is 7.05 Å². The summed E-state index contributed by atoms with van der Waals surface area (Å²) in [5.41, 5.74) is 2.12. The minimum atomic E-state index is 0.946. The lowest BCUT2D eigenvalue weighted by molar-refractivity contribution is 0.725. The number of nitrogens with one attached hydrogen (secondary N) is 1. The minimum absolute atomic E-state index is 0.946. The molecular formula is C10H14N4. The van der Waals surface area contributed by atoms with Crippen LogP contribution in [0.3, 0.4) is 0 Å². The number of fused-ring (bicyclic) bond motifs is 1. The molecule has 2 aromatic rings. The molecule has 0 aliphatic heterocycles. The molecule has 0 aliphatic rings. The molecule has 0 saturated heterocycles. The Labute approximate surface area is 83.0 Å². The number of likely N-dealkylation sites (N-methyl/N-ethyl adjacent to an activating group) is 1. The zero-order valence-corrected chi connectivity index (χ0v) is 8.49. The molecule has 1 N–H and O–H groups in total. The summed E-state index contributed by atoms with van der Waals surface area (Å²) in [6, 6.07) is 1.94. The van der Waals surface area contributed by atoms with Crippen LogP contribution in [-0.4, -0.2) is 28.1 Å². The van der Waals surface area contributed by atoms with E-state index < -0.39 is 0 Å². The van der Waals surface area contributed by atoms with E-state index in [-0.39, 0.29) is 0 Å². The van der Waals surface area contributed by atoms with Crippen LogP contribution in [0.15, 0.2) is 18.5 Å². The molecule has 14 heavy (non-hydrogen) atoms. The lowest BCUT2D eigenvalue weighted by Gasteiger charge is -2.00. The highest BCUT2D eigenvalue weighted by molar-refractivity contribution is 5.74. The molecule has 0 amide bonds. The smallest absolute Gasteiger partial charge is 0.110 e. The van der Waals surface area contributed by atoms with Crippen molar-refractivity contribution in [3.63, 3.8) is 0 Å². The lowest BCUT2D eigenvalue weighted by atomic mass is 10.4. The van der Waals surface area contributed by atoms with Crippen molar-refractivity contribution in [1.82, 2.24) is 19.9 Å². The Morgan fingerprint density at radius 2 is 2.36 bits per heavy atom. The second-order valence-electron chi connectivity index (χ2n) is 3.30. The minimum Gasteiger partial charge on any atom is -0.330 e. The van der Waals surface area contributed by atoms with Gasteiger partial charge in [-0.15, -0.1) is 0 Å². The second kappa shape index (κ2) is 3.75. The maximum atomic E-state index is 4.53. The zero-order chi connectivity index (χ0) is 9.97. The highest BCUT2D eigenvalue weighted by Gasteiger charge is 2.05. The second-order valence-corrected chi connectivity index (χ2v) is 3.30. The van der Waals surface area contributed by atoms with Gasteiger partial charge >= 0.3 is 0 Å². The molecule has 4 nitrogen and oxygen atoms in total. The summed E-state index contributed by atoms with van der Waals surface area (Å²) >= 11 is 0. The predicted octanol–water partition coefficient (Wildman–Crippen LogP) is 0.730. The van der Waals surface area contributed by atoms with Crippen molar-refractivity contribution in [2.45, 2.75) is 6.42 Å². The zero-order valence-electron chi connectivity index (χ0n) is 8.49. The normalized spacial score (nSPS) is 11.0. The van der Waals surface area contributed by atoms with Crippen LogP contribution in [0, 0.1) is 0 Å². The van der Waals surface area contributed by atoms with Crippen LogP contribution in [0.4, 0.5) is 0 Å². The van der Waals surface area contributed by atoms with Gasteiger partial charge in [-0.1, -0.05) is 0 Å². The van der Waals surface area contributed by atoms with Gasteiger partial charge in [-0.2, -0.15) is 0 Å². The highest BCUT2D eigenvalue weighted by Crippen LogP contribution is 2.12. The van der Waals surface area contributed by atoms with E-state index in [1.807, 2.05) is 26.4 Å². The molecule has 0 unspecified atom stereocenters. The molecule has 4 heteroatoms. The first kappa shape index (κ1) is 9.15. The number of nitrogens with zero attached hydrogens (tertiary/aromatic N) is 3. The number of pyridine rings is 1. The van der Waals surface area contributed by atoms with Gasteiger partial charge in [0.15, 0.2) is 0 Å². The van der Waals surface area contributed by atoms with E-state index >= 15 is 0 Å². The summed E-state index contributed by atoms with van der Waals surface area (Å²) in [7, 11) is 3.98. The molecule has 0 spiro atoms. The first-order valence-corrected chi connectivity index (χ1v) is 4.73. The van der Waals surface area contributed by atoms with E-state index in [4.69, 9.17) is 0 Å². The number of hydrogen-bond acceptors (Lipinski definition) is 3. The van der Waals surface area contributed by atoms with Gasteiger partial charge in [0.1, 0.15) is 5.82 Å². The van der Waals surface area contributed by atoms with Crippen molar-refractivity contribution in [3.05, 3.63) is 24.3 Å². The molecule has 2 rings (SSSR count). The molecular weight excluding hydrogens is 176 g/mol. The van der Waals surface area contributed by atoms with Gasteiger partial charge in [0.05, 0.1) is 17.2 Å². The molecule has 0 aliphatic carbocycles. The Morgan fingerprint density at radius 1 is 1.50 bits per heavy atom. The van der Waals surface area contributed by atoms with Crippen LogP contribution in [-0.2, 0) is 13.5 Å². The lowest BCUT2D eigenvalue weighted by Crippen LogP contribution is -2.12. The van der Waals surface area contributed by atoms with E-state index in [9.17, 15) is 0 Å². The largest absolute Gasteiger partial charge is 0.330 e. The van der Waals surface area contributed by atoms with Gasteiger partial charge in [-0.25, -0.2) is 4.98 Å². The maximum absolute atomic E-state index is 4.53. The van der Waals surface area contributed by atoms with Crippen LogP contribution in [0.5, 0.6) is 0 Å². The van der Waals surface area contributed by atoms with E-state index in [2.05, 4.69) is 19.9 Å². The fourth-order valence-corrected chi connectivity index (χ4v) is 1.55. The average Bonchev–Trinajstić information content (AvgIpc) is 2.54. The van der Waals surface area contributed by atoms with Crippen molar-refractivity contribution in [3.8, 4) is 0 Å². The van der Waals surface area contributed by atoms with Crippen LogP contribution >= 0.6 is 0 Å². The number of aryl methyl sites for hydroxylation is 1. The maximum Gasteiger partial charge on any atom is 0.110 e. The Kier molecular flexibility index (Phi) is 2.45. The Balaban J connectivity index is 2.41. The third-order valence-electron chi connectivity index (χ3n) is 2.37. The Hall–Kier alpha value is -1.42. The summed E-state index contributed by atoms with van der Waals surface area (Å²) in [4.78, 5) is 8.62. The van der Waals surface area contributed by atoms with Crippen LogP contribution in [0.2, 0.25) is 0 Å². The highest BCUT2D eigenvalue weighted by atomic mass is 15.1. The molecule has 0 atom stereocenters. The van der Waals surface area contributed by atoms with E-state index in [0.717, 1.165) is 29.8 Å². The van der Waals surface area contributed by atoms with Crippen molar-refractivity contribution in [2.75, 3.05) is 13.6 Å². The predicted molar refractivity (Wildman–Crippen MR) is 56.1 cm³/mol. The summed E-state index contributed by atoms with van der Waals surface area (Å²) in [5, 5.41) is 3.12. The van der Waals surface area contributed by atoms with Crippen LogP contribution in [0.25, 0.3) is 11.0 Å². The quantitative estimate of drug-likeness (QED) is 0.776. The first-order valence-electron chi connectivity index (χ1n) is 4.73. The number of imidazole rings is 1. The molecule has 0 bridgehead atoms. The summed E-state index contributed by atoms with van der Waals surface area (Å²) in [6.07, 6.45) is 4.57. The van der Waals surface area contributed by atoms with Gasteiger partial charge in [0, 0.05) is 26.2 Å². The van der Waals surface area contributed by atoms with Gasteiger partial charge in [-0.05, 0) is 13.1 Å². The Bertz CT molecular complexity index is 433. The third-order valence-corrected chi connectivity index (χ3v) is 2.37. The molecule has 2 aromatic heterocycles. The molecule has 2 heterocycles. The van der Waals surface area contributed by atoms with Gasteiger partial charge < -0.3 is 9.88 Å². The Morgan fingerprint density at radius 3 is 3.07 bits per heavy atom. The summed E-state index contributed by atoms with van der Waals surface area (Å²) < 4.78 is 2.10. The number of rotatable bonds is 3. The molecule has 0 saturated carbocycles. The van der Waals surface area contributed by atoms with E-state index in [1.165, 1.54) is 0 Å². The molecule has 0 fully saturated rings. The molecule has 0 radical (unpaired) electrons. The van der Waals surface area contributed by atoms with Crippen LogP contribution in [0.1, 0.15) is 5.82 Å². The fourth-order valence-electron chi connectivity index (χ4n) is 1.55. The van der Waals surface area contributed by atoms with Gasteiger partial charge in [-0.3, -0.25) is 4.98 Å². The van der Waals surface area contributed by atoms with Gasteiger partial charge in [0.25, 0.3) is 0 Å². The monoisotopic (exact) mass is 190 g/mol. The summed E-state index contributed by atoms with van der Waals surface area (Å²) in [5.74, 6) is 1.10. The van der Waals surface area contributed by atoms with Crippen molar-refractivity contribution in [1.29, 1.82) is 0 Å². The molecule has 0 aromatic carbocycles. The third kappa shape index (κ3) is 1.48. The SMILES string of the molecule is CNCCc1nc2ccncc2n1C. The fraction of sp³-hybridized carbons (Fsp3) is 0.400. The van der Waals surface area contributed by atoms with Crippen LogP contribution < -0.4 is 5.32 Å². The van der Waals surface area contributed by atoms with Gasteiger partial charge in [0.2, 0.25) is 0 Å². The molecule has 74 valence electrons. The standard InChI is InChI=1S/C10H14N4/c1-11-5-4-10-13-8-3-6-12-7-9(8)14(10)2/h3,6-7,11H,4-5H2,1-2H3. The number of aromatic nitrogens is 3. The average molecular weight is 190 g/mol. The first-order chi connectivity index (χ1) is 6.83. The topological polar surface area (TPSA) is 42.7 Å². The number of hydrogen-bond donors (Lipinski definition) is 1. The van der Waals surface area contributed by atoms with Crippen molar-refractivity contribution >= 4 is 11.0 Å². The van der Waals surface area contributed by atoms with Crippen molar-refractivity contribution < 1.29 is 0 Å². The summed E-state index contributed by atoms with van der Waals surface area (Å²) in [6.45, 7) is 0.949.